The van der Waals surface area contributed by atoms with E-state index in [4.69, 9.17) is 5.11 Å². The number of carbonyl (C=O) groups is 1. The second kappa shape index (κ2) is 6.70. The van der Waals surface area contributed by atoms with Crippen molar-refractivity contribution in [3.05, 3.63) is 22.5 Å². The number of carboxylic acid groups (broad SMARTS) is 1. The molecule has 8 nitrogen and oxygen atoms in total. The van der Waals surface area contributed by atoms with Gasteiger partial charge in [0, 0.05) is 6.54 Å². The molecule has 0 radical (unpaired) electrons. The van der Waals surface area contributed by atoms with Crippen molar-refractivity contribution in [3.63, 3.8) is 0 Å². The molecule has 8 heteroatoms. The highest BCUT2D eigenvalue weighted by molar-refractivity contribution is 5.73. The Morgan fingerprint density at radius 3 is 2.94 bits per heavy atom. The van der Waals surface area contributed by atoms with E-state index in [1.165, 1.54) is 17.1 Å². The van der Waals surface area contributed by atoms with Crippen LogP contribution in [0.2, 0.25) is 0 Å². The molecule has 1 aromatic rings. The fourth-order valence-electron chi connectivity index (χ4n) is 1.52. The van der Waals surface area contributed by atoms with Gasteiger partial charge < -0.3 is 10.4 Å². The predicted octanol–water partition coefficient (Wildman–Crippen LogP) is 0.634. The lowest BCUT2D eigenvalue weighted by atomic mass is 10.2. The number of carboxylic acids is 1. The second-order valence-corrected chi connectivity index (χ2v) is 3.85. The van der Waals surface area contributed by atoms with Crippen molar-refractivity contribution in [1.82, 2.24) is 15.1 Å². The van der Waals surface area contributed by atoms with Gasteiger partial charge in [0.1, 0.15) is 18.4 Å². The Kier molecular flexibility index (Phi) is 5.25. The molecular weight excluding hydrogens is 240 g/mol. The fourth-order valence-corrected chi connectivity index (χ4v) is 1.52. The minimum Gasteiger partial charge on any atom is -0.480 e. The van der Waals surface area contributed by atoms with Gasteiger partial charge in [-0.3, -0.25) is 19.6 Å². The Balaban J connectivity index is 2.40. The van der Waals surface area contributed by atoms with Gasteiger partial charge in [-0.05, 0) is 6.42 Å². The van der Waals surface area contributed by atoms with Crippen molar-refractivity contribution < 1.29 is 14.8 Å². The Morgan fingerprint density at radius 1 is 1.72 bits per heavy atom. The first kappa shape index (κ1) is 14.1. The molecule has 1 atom stereocenters. The number of hydrogen-bond acceptors (Lipinski definition) is 5. The minimum atomic E-state index is -0.886. The highest BCUT2D eigenvalue weighted by atomic mass is 16.6. The third kappa shape index (κ3) is 4.13. The summed E-state index contributed by atoms with van der Waals surface area (Å²) in [5.74, 6) is -0.886. The molecule has 18 heavy (non-hydrogen) atoms. The van der Waals surface area contributed by atoms with E-state index in [2.05, 4.69) is 10.4 Å². The monoisotopic (exact) mass is 256 g/mol. The summed E-state index contributed by atoms with van der Waals surface area (Å²) in [5.41, 5.74) is -0.0710. The lowest BCUT2D eigenvalue weighted by molar-refractivity contribution is -0.385. The lowest BCUT2D eigenvalue weighted by Crippen LogP contribution is -2.38. The number of rotatable bonds is 8. The molecule has 1 rings (SSSR count). The number of nitrogens with one attached hydrogen (secondary N) is 1. The molecule has 0 bridgehead atoms. The molecule has 0 saturated heterocycles. The zero-order valence-electron chi connectivity index (χ0n) is 10.1. The molecule has 1 heterocycles. The average molecular weight is 256 g/mol. The number of aliphatic carboxylic acids is 1. The summed E-state index contributed by atoms with van der Waals surface area (Å²) < 4.78 is 1.41. The number of hydrogen-bond donors (Lipinski definition) is 2. The Bertz CT molecular complexity index is 418. The summed E-state index contributed by atoms with van der Waals surface area (Å²) in [6.45, 7) is 2.70. The maximum absolute atomic E-state index is 10.9. The molecule has 0 aromatic carbocycles. The van der Waals surface area contributed by atoms with Crippen molar-refractivity contribution in [2.45, 2.75) is 32.4 Å². The van der Waals surface area contributed by atoms with Crippen molar-refractivity contribution >= 4 is 11.7 Å². The van der Waals surface area contributed by atoms with Crippen LogP contribution in [0.1, 0.15) is 19.8 Å². The molecule has 0 aliphatic rings. The minimum absolute atomic E-state index is 0.0710. The van der Waals surface area contributed by atoms with E-state index in [1.54, 1.807) is 0 Å². The molecule has 0 aliphatic heterocycles. The molecule has 0 aliphatic carbocycles. The van der Waals surface area contributed by atoms with Crippen LogP contribution >= 0.6 is 0 Å². The summed E-state index contributed by atoms with van der Waals surface area (Å²) in [6, 6.07) is -0.583. The molecule has 1 unspecified atom stereocenters. The van der Waals surface area contributed by atoms with Crippen LogP contribution in [0.15, 0.2) is 12.4 Å². The van der Waals surface area contributed by atoms with Gasteiger partial charge in [-0.15, -0.1) is 0 Å². The number of aromatic nitrogens is 2. The highest BCUT2D eigenvalue weighted by Crippen LogP contribution is 2.07. The molecular formula is C10H16N4O4. The van der Waals surface area contributed by atoms with E-state index in [1.807, 2.05) is 6.92 Å². The first-order valence-corrected chi connectivity index (χ1v) is 5.67. The Hall–Kier alpha value is -1.96. The fraction of sp³-hybridized carbons (Fsp3) is 0.600. The van der Waals surface area contributed by atoms with Crippen molar-refractivity contribution in [1.29, 1.82) is 0 Å². The molecule has 100 valence electrons. The van der Waals surface area contributed by atoms with Gasteiger partial charge in [-0.25, -0.2) is 0 Å². The van der Waals surface area contributed by atoms with Crippen molar-refractivity contribution in [2.24, 2.45) is 0 Å². The molecule has 0 spiro atoms. The molecule has 0 fully saturated rings. The van der Waals surface area contributed by atoms with Gasteiger partial charge in [-0.1, -0.05) is 13.3 Å². The van der Waals surface area contributed by atoms with Gasteiger partial charge in [0.15, 0.2) is 0 Å². The van der Waals surface area contributed by atoms with Crippen LogP contribution in [-0.4, -0.2) is 38.4 Å². The standard InChI is InChI=1S/C10H16N4O4/c1-2-3-9(10(15)16)11-4-5-13-7-8(6-12-13)14(17)18/h6-7,9,11H,2-5H2,1H3,(H,15,16). The van der Waals surface area contributed by atoms with Crippen LogP contribution in [0.25, 0.3) is 0 Å². The van der Waals surface area contributed by atoms with E-state index in [9.17, 15) is 14.9 Å². The largest absolute Gasteiger partial charge is 0.480 e. The van der Waals surface area contributed by atoms with Crippen LogP contribution in [0.5, 0.6) is 0 Å². The first-order valence-electron chi connectivity index (χ1n) is 5.67. The molecule has 0 saturated carbocycles. The summed E-state index contributed by atoms with van der Waals surface area (Å²) in [4.78, 5) is 20.8. The molecule has 1 aromatic heterocycles. The van der Waals surface area contributed by atoms with Gasteiger partial charge in [-0.2, -0.15) is 5.10 Å². The third-order valence-electron chi connectivity index (χ3n) is 2.44. The Labute approximate surface area is 104 Å². The maximum Gasteiger partial charge on any atom is 0.320 e. The summed E-state index contributed by atoms with van der Waals surface area (Å²) >= 11 is 0. The second-order valence-electron chi connectivity index (χ2n) is 3.85. The zero-order valence-corrected chi connectivity index (χ0v) is 10.1. The van der Waals surface area contributed by atoms with Gasteiger partial charge in [0.2, 0.25) is 0 Å². The highest BCUT2D eigenvalue weighted by Gasteiger charge is 2.15. The van der Waals surface area contributed by atoms with E-state index in [-0.39, 0.29) is 5.69 Å². The summed E-state index contributed by atoms with van der Waals surface area (Å²) in [7, 11) is 0. The Morgan fingerprint density at radius 2 is 2.44 bits per heavy atom. The van der Waals surface area contributed by atoms with E-state index >= 15 is 0 Å². The SMILES string of the molecule is CCCC(NCCn1cc([N+](=O)[O-])cn1)C(=O)O. The number of nitro groups is 1. The van der Waals surface area contributed by atoms with Gasteiger partial charge >= 0.3 is 11.7 Å². The van der Waals surface area contributed by atoms with Crippen LogP contribution in [0, 0.1) is 10.1 Å². The third-order valence-corrected chi connectivity index (χ3v) is 2.44. The topological polar surface area (TPSA) is 110 Å². The first-order chi connectivity index (χ1) is 8.54. The van der Waals surface area contributed by atoms with Crippen molar-refractivity contribution in [2.75, 3.05) is 6.54 Å². The normalized spacial score (nSPS) is 12.3. The van der Waals surface area contributed by atoms with Gasteiger partial charge in [0.05, 0.1) is 11.5 Å². The van der Waals surface area contributed by atoms with Gasteiger partial charge in [0.25, 0.3) is 0 Å². The molecule has 0 amide bonds. The van der Waals surface area contributed by atoms with Crippen LogP contribution in [0.4, 0.5) is 5.69 Å². The quantitative estimate of drug-likeness (QED) is 0.521. The average Bonchev–Trinajstić information content (AvgIpc) is 2.76. The predicted molar refractivity (Wildman–Crippen MR) is 63.2 cm³/mol. The van der Waals surface area contributed by atoms with Crippen LogP contribution in [-0.2, 0) is 11.3 Å². The smallest absolute Gasteiger partial charge is 0.320 e. The molecule has 2 N–H and O–H groups in total. The summed E-state index contributed by atoms with van der Waals surface area (Å²) in [5, 5.41) is 26.0. The van der Waals surface area contributed by atoms with Crippen molar-refractivity contribution in [3.8, 4) is 0 Å². The van der Waals surface area contributed by atoms with Crippen LogP contribution < -0.4 is 5.32 Å². The van der Waals surface area contributed by atoms with Crippen LogP contribution in [0.3, 0.4) is 0 Å². The van der Waals surface area contributed by atoms with E-state index in [0.29, 0.717) is 19.5 Å². The number of nitrogens with zero attached hydrogens (tertiary/aromatic N) is 3. The summed E-state index contributed by atoms with van der Waals surface area (Å²) in [6.07, 6.45) is 3.81. The zero-order chi connectivity index (χ0) is 13.5. The maximum atomic E-state index is 10.9. The lowest BCUT2D eigenvalue weighted by Gasteiger charge is -2.12. The van der Waals surface area contributed by atoms with E-state index in [0.717, 1.165) is 6.42 Å². The van der Waals surface area contributed by atoms with E-state index < -0.39 is 16.9 Å².